The van der Waals surface area contributed by atoms with E-state index in [1.807, 2.05) is 28.6 Å². The molecule has 0 saturated carbocycles. The van der Waals surface area contributed by atoms with Crippen LogP contribution in [0.3, 0.4) is 0 Å². The van der Waals surface area contributed by atoms with Crippen molar-refractivity contribution in [3.63, 3.8) is 0 Å². The number of rotatable bonds is 3. The molecule has 0 radical (unpaired) electrons. The fourth-order valence-corrected chi connectivity index (χ4v) is 4.18. The number of nitrogens with zero attached hydrogens (tertiary/aromatic N) is 4. The normalized spacial score (nSPS) is 16.5. The highest BCUT2D eigenvalue weighted by Crippen LogP contribution is 2.42. The second kappa shape index (κ2) is 6.37. The molecule has 1 N–H and O–H groups in total. The predicted octanol–water partition coefficient (Wildman–Crippen LogP) is 4.05. The second-order valence-electron chi connectivity index (χ2n) is 7.66. The van der Waals surface area contributed by atoms with E-state index >= 15 is 0 Å². The Hall–Kier alpha value is -2.89. The lowest BCUT2D eigenvalue weighted by atomic mass is 9.83. The van der Waals surface area contributed by atoms with E-state index in [4.69, 9.17) is 5.10 Å². The topological polar surface area (TPSA) is 64.7 Å². The van der Waals surface area contributed by atoms with Gasteiger partial charge in [0.15, 0.2) is 0 Å². The van der Waals surface area contributed by atoms with Gasteiger partial charge in [-0.05, 0) is 51.8 Å². The van der Waals surface area contributed by atoms with Crippen LogP contribution >= 0.6 is 0 Å². The summed E-state index contributed by atoms with van der Waals surface area (Å²) in [4.78, 5) is 12.6. The summed E-state index contributed by atoms with van der Waals surface area (Å²) in [6.07, 6.45) is 4.15. The first-order valence-electron chi connectivity index (χ1n) is 9.36. The largest absolute Gasteiger partial charge is 0.311 e. The van der Waals surface area contributed by atoms with Crippen LogP contribution in [0.25, 0.3) is 5.69 Å². The van der Waals surface area contributed by atoms with Gasteiger partial charge in [0.2, 0.25) is 5.91 Å². The van der Waals surface area contributed by atoms with Crippen LogP contribution in [0, 0.1) is 20.8 Å². The molecule has 1 aromatic carbocycles. The van der Waals surface area contributed by atoms with Crippen LogP contribution in [0.2, 0.25) is 0 Å². The first-order valence-corrected chi connectivity index (χ1v) is 9.36. The minimum atomic E-state index is -0.0425. The molecule has 0 bridgehead atoms. The lowest BCUT2D eigenvalue weighted by Gasteiger charge is -2.27. The summed E-state index contributed by atoms with van der Waals surface area (Å²) in [5, 5.41) is 12.2. The number of carbonyl (C=O) groups excluding carboxylic acids is 1. The highest BCUT2D eigenvalue weighted by molar-refractivity contribution is 5.95. The number of nitrogens with one attached hydrogen (secondary N) is 1. The monoisotopic (exact) mass is 363 g/mol. The average molecular weight is 363 g/mol. The molecule has 6 nitrogen and oxygen atoms in total. The number of hydrogen-bond donors (Lipinski definition) is 1. The summed E-state index contributed by atoms with van der Waals surface area (Å²) >= 11 is 0. The number of carbonyl (C=O) groups is 1. The Morgan fingerprint density at radius 3 is 2.67 bits per heavy atom. The van der Waals surface area contributed by atoms with Crippen LogP contribution in [0.5, 0.6) is 0 Å². The van der Waals surface area contributed by atoms with Gasteiger partial charge in [-0.3, -0.25) is 4.79 Å². The molecule has 3 heterocycles. The van der Waals surface area contributed by atoms with Crippen LogP contribution in [0.15, 0.2) is 30.6 Å². The van der Waals surface area contributed by atoms with Crippen molar-refractivity contribution in [1.29, 1.82) is 0 Å². The zero-order chi connectivity index (χ0) is 19.3. The Bertz CT molecular complexity index is 1010. The molecule has 1 unspecified atom stereocenters. The van der Waals surface area contributed by atoms with Crippen molar-refractivity contribution in [2.45, 2.75) is 53.0 Å². The number of benzene rings is 1. The maximum Gasteiger partial charge on any atom is 0.226 e. The SMILES string of the molecule is Cc1cc(C)c(-n2cccn2)c(C2CC(=O)Nc3c2c(C)nn3C(C)C)c1. The van der Waals surface area contributed by atoms with Crippen LogP contribution in [-0.2, 0) is 4.79 Å². The first kappa shape index (κ1) is 17.5. The van der Waals surface area contributed by atoms with Gasteiger partial charge in [0.25, 0.3) is 0 Å². The third-order valence-electron chi connectivity index (χ3n) is 5.20. The minimum Gasteiger partial charge on any atom is -0.311 e. The van der Waals surface area contributed by atoms with Gasteiger partial charge in [-0.25, -0.2) is 9.36 Å². The lowest BCUT2D eigenvalue weighted by molar-refractivity contribution is -0.116. The number of anilines is 1. The van der Waals surface area contributed by atoms with Gasteiger partial charge in [0.05, 0.1) is 11.4 Å². The van der Waals surface area contributed by atoms with Crippen molar-refractivity contribution >= 4 is 11.7 Å². The van der Waals surface area contributed by atoms with Gasteiger partial charge in [-0.2, -0.15) is 10.2 Å². The van der Waals surface area contributed by atoms with E-state index in [2.05, 4.69) is 50.2 Å². The van der Waals surface area contributed by atoms with Crippen molar-refractivity contribution in [3.8, 4) is 5.69 Å². The molecule has 0 aliphatic carbocycles. The molecule has 27 heavy (non-hydrogen) atoms. The molecule has 0 saturated heterocycles. The van der Waals surface area contributed by atoms with Gasteiger partial charge in [-0.15, -0.1) is 0 Å². The van der Waals surface area contributed by atoms with E-state index in [9.17, 15) is 4.79 Å². The summed E-state index contributed by atoms with van der Waals surface area (Å²) in [7, 11) is 0. The molecule has 2 aromatic heterocycles. The van der Waals surface area contributed by atoms with Crippen molar-refractivity contribution in [3.05, 3.63) is 58.5 Å². The Morgan fingerprint density at radius 1 is 1.22 bits per heavy atom. The molecule has 1 amide bonds. The third-order valence-corrected chi connectivity index (χ3v) is 5.20. The fourth-order valence-electron chi connectivity index (χ4n) is 4.18. The van der Waals surface area contributed by atoms with Gasteiger partial charge in [0, 0.05) is 36.3 Å². The van der Waals surface area contributed by atoms with Gasteiger partial charge >= 0.3 is 0 Å². The zero-order valence-corrected chi connectivity index (χ0v) is 16.4. The molecule has 0 fully saturated rings. The summed E-state index contributed by atoms with van der Waals surface area (Å²) in [5.74, 6) is 0.813. The van der Waals surface area contributed by atoms with E-state index in [1.54, 1.807) is 6.20 Å². The van der Waals surface area contributed by atoms with Crippen molar-refractivity contribution in [1.82, 2.24) is 19.6 Å². The van der Waals surface area contributed by atoms with Crippen LogP contribution < -0.4 is 5.32 Å². The van der Waals surface area contributed by atoms with Crippen molar-refractivity contribution in [2.24, 2.45) is 0 Å². The molecule has 1 atom stereocenters. The number of amides is 1. The highest BCUT2D eigenvalue weighted by atomic mass is 16.1. The Balaban J connectivity index is 1.98. The molecular weight excluding hydrogens is 338 g/mol. The van der Waals surface area contributed by atoms with Gasteiger partial charge < -0.3 is 5.32 Å². The second-order valence-corrected chi connectivity index (χ2v) is 7.66. The molecular formula is C21H25N5O. The van der Waals surface area contributed by atoms with Crippen LogP contribution in [0.4, 0.5) is 5.82 Å². The predicted molar refractivity (Wildman–Crippen MR) is 105 cm³/mol. The van der Waals surface area contributed by atoms with E-state index in [0.29, 0.717) is 6.42 Å². The molecule has 3 aromatic rings. The van der Waals surface area contributed by atoms with Crippen molar-refractivity contribution < 1.29 is 4.79 Å². The van der Waals surface area contributed by atoms with Gasteiger partial charge in [-0.1, -0.05) is 17.7 Å². The smallest absolute Gasteiger partial charge is 0.226 e. The van der Waals surface area contributed by atoms with E-state index < -0.39 is 0 Å². The number of aryl methyl sites for hydroxylation is 3. The standard InChI is InChI=1S/C21H25N5O/c1-12(2)26-21-19(15(5)24-26)16(11-18(27)23-21)17-10-13(3)9-14(4)20(17)25-8-6-7-22-25/h6-10,12,16H,11H2,1-5H3,(H,23,27). The quantitative estimate of drug-likeness (QED) is 0.763. The maximum atomic E-state index is 12.6. The molecule has 1 aliphatic heterocycles. The summed E-state index contributed by atoms with van der Waals surface area (Å²) in [6, 6.07) is 6.44. The number of fused-ring (bicyclic) bond motifs is 1. The molecule has 1 aliphatic rings. The average Bonchev–Trinajstić information content (AvgIpc) is 3.22. The summed E-state index contributed by atoms with van der Waals surface area (Å²) < 4.78 is 3.82. The highest BCUT2D eigenvalue weighted by Gasteiger charge is 2.34. The van der Waals surface area contributed by atoms with E-state index in [1.165, 1.54) is 5.56 Å². The minimum absolute atomic E-state index is 0.0277. The summed E-state index contributed by atoms with van der Waals surface area (Å²) in [6.45, 7) is 10.4. The molecule has 0 spiro atoms. The van der Waals surface area contributed by atoms with Crippen LogP contribution in [-0.4, -0.2) is 25.5 Å². The first-order chi connectivity index (χ1) is 12.9. The Labute approximate surface area is 159 Å². The Morgan fingerprint density at radius 2 is 2.00 bits per heavy atom. The van der Waals surface area contributed by atoms with E-state index in [0.717, 1.165) is 33.9 Å². The Kier molecular flexibility index (Phi) is 4.13. The molecule has 6 heteroatoms. The molecule has 140 valence electrons. The lowest BCUT2D eigenvalue weighted by Crippen LogP contribution is -2.26. The molecule has 4 rings (SSSR count). The number of aromatic nitrogens is 4. The van der Waals surface area contributed by atoms with Gasteiger partial charge in [0.1, 0.15) is 5.82 Å². The fraction of sp³-hybridized carbons (Fsp3) is 0.381. The van der Waals surface area contributed by atoms with Crippen LogP contribution in [0.1, 0.15) is 60.2 Å². The van der Waals surface area contributed by atoms with Crippen molar-refractivity contribution in [2.75, 3.05) is 5.32 Å². The van der Waals surface area contributed by atoms with E-state index in [-0.39, 0.29) is 17.9 Å². The zero-order valence-electron chi connectivity index (χ0n) is 16.4. The maximum absolute atomic E-state index is 12.6. The third kappa shape index (κ3) is 2.85. The summed E-state index contributed by atoms with van der Waals surface area (Å²) in [5.41, 5.74) is 6.58. The number of hydrogen-bond acceptors (Lipinski definition) is 3.